The van der Waals surface area contributed by atoms with Crippen LogP contribution < -0.4 is 16.4 Å². The number of aromatic amines is 1. The number of halogens is 1. The lowest BCUT2D eigenvalue weighted by atomic mass is 10.00. The predicted octanol–water partition coefficient (Wildman–Crippen LogP) is 2.87. The van der Waals surface area contributed by atoms with Gasteiger partial charge < -0.3 is 35.7 Å². The van der Waals surface area contributed by atoms with Gasteiger partial charge in [0.2, 0.25) is 5.91 Å². The third kappa shape index (κ3) is 8.22. The number of amidine groups is 1. The Hall–Kier alpha value is -5.27. The van der Waals surface area contributed by atoms with Gasteiger partial charge in [-0.25, -0.2) is 4.39 Å². The van der Waals surface area contributed by atoms with Gasteiger partial charge in [-0.2, -0.15) is 0 Å². The molecule has 1 aromatic heterocycles. The fraction of sp³-hybridized carbons (Fsp3) is 0.355. The van der Waals surface area contributed by atoms with Crippen LogP contribution in [-0.4, -0.2) is 66.3 Å². The lowest BCUT2D eigenvalue weighted by Crippen LogP contribution is -2.55. The number of benzene rings is 2. The fourth-order valence-electron chi connectivity index (χ4n) is 4.76. The number of nitrogens with zero attached hydrogens (tertiary/aromatic N) is 1. The molecular formula is C31H35FN6O7. The van der Waals surface area contributed by atoms with Crippen LogP contribution in [-0.2, 0) is 28.7 Å². The molecule has 4 rings (SSSR count). The second-order valence-corrected chi connectivity index (χ2v) is 10.5. The summed E-state index contributed by atoms with van der Waals surface area (Å²) in [5, 5.41) is 16.8. The van der Waals surface area contributed by atoms with E-state index in [4.69, 9.17) is 25.5 Å². The number of oxime groups is 1. The summed E-state index contributed by atoms with van der Waals surface area (Å²) in [6, 6.07) is 13.2. The summed E-state index contributed by atoms with van der Waals surface area (Å²) in [7, 11) is 1.10. The number of hydrogen-bond donors (Lipinski definition) is 5. The van der Waals surface area contributed by atoms with Crippen LogP contribution in [0.25, 0.3) is 10.9 Å². The Morgan fingerprint density at radius 3 is 2.56 bits per heavy atom. The average molecular weight is 623 g/mol. The molecule has 6 N–H and O–H groups in total. The van der Waals surface area contributed by atoms with Crippen LogP contribution in [0.2, 0.25) is 0 Å². The van der Waals surface area contributed by atoms with E-state index in [1.807, 2.05) is 6.92 Å². The molecule has 1 aliphatic heterocycles. The summed E-state index contributed by atoms with van der Waals surface area (Å²) in [6.45, 7) is 2.05. The molecule has 1 aliphatic rings. The van der Waals surface area contributed by atoms with Crippen molar-refractivity contribution in [1.29, 1.82) is 5.41 Å². The minimum Gasteiger partial charge on any atom is -0.469 e. The van der Waals surface area contributed by atoms with Gasteiger partial charge in [0, 0.05) is 22.9 Å². The molecule has 0 saturated heterocycles. The molecule has 0 spiro atoms. The highest BCUT2D eigenvalue weighted by Crippen LogP contribution is 2.22. The number of para-hydroxylation sites is 1. The number of ether oxygens (including phenoxy) is 2. The Bertz CT molecular complexity index is 1600. The first kappa shape index (κ1) is 32.6. The molecule has 14 heteroatoms. The second-order valence-electron chi connectivity index (χ2n) is 10.5. The number of nitrogens with two attached hydrogens (primary N) is 1. The molecule has 2 heterocycles. The third-order valence-corrected chi connectivity index (χ3v) is 7.20. The molecule has 2 aromatic carbocycles. The maximum Gasteiger partial charge on any atom is 0.313 e. The van der Waals surface area contributed by atoms with Crippen LogP contribution in [0.3, 0.4) is 0 Å². The lowest BCUT2D eigenvalue weighted by molar-refractivity contribution is -0.155. The van der Waals surface area contributed by atoms with Crippen molar-refractivity contribution in [3.63, 3.8) is 0 Å². The van der Waals surface area contributed by atoms with Gasteiger partial charge in [-0.3, -0.25) is 24.6 Å². The van der Waals surface area contributed by atoms with Crippen molar-refractivity contribution in [2.45, 2.75) is 51.3 Å². The zero-order valence-electron chi connectivity index (χ0n) is 24.9. The molecule has 0 radical (unpaired) electrons. The molecule has 3 atom stereocenters. The monoisotopic (exact) mass is 622 g/mol. The predicted molar refractivity (Wildman–Crippen MR) is 162 cm³/mol. The highest BCUT2D eigenvalue weighted by Gasteiger charge is 2.36. The summed E-state index contributed by atoms with van der Waals surface area (Å²) < 4.78 is 25.2. The number of carbonyl (C=O) groups is 4. The number of H-pyrrole nitrogens is 1. The van der Waals surface area contributed by atoms with Gasteiger partial charge in [-0.05, 0) is 24.1 Å². The largest absolute Gasteiger partial charge is 0.469 e. The molecule has 2 amide bonds. The summed E-state index contributed by atoms with van der Waals surface area (Å²) in [5.41, 5.74) is 7.30. The zero-order valence-corrected chi connectivity index (χ0v) is 24.9. The van der Waals surface area contributed by atoms with Crippen LogP contribution in [0.15, 0.2) is 53.7 Å². The number of nitrogens with one attached hydrogen (secondary N) is 4. The Labute approximate surface area is 258 Å². The second kappa shape index (κ2) is 14.9. The number of aromatic nitrogens is 1. The molecule has 2 unspecified atom stereocenters. The van der Waals surface area contributed by atoms with Gasteiger partial charge in [0.15, 0.2) is 5.82 Å². The van der Waals surface area contributed by atoms with Crippen LogP contribution in [0.4, 0.5) is 4.39 Å². The molecule has 13 nitrogen and oxygen atoms in total. The third-order valence-electron chi connectivity index (χ3n) is 7.20. The van der Waals surface area contributed by atoms with Crippen molar-refractivity contribution in [1.82, 2.24) is 15.6 Å². The van der Waals surface area contributed by atoms with Crippen molar-refractivity contribution in [2.24, 2.45) is 16.8 Å². The van der Waals surface area contributed by atoms with E-state index < -0.39 is 59.9 Å². The Morgan fingerprint density at radius 2 is 1.89 bits per heavy atom. The zero-order chi connectivity index (χ0) is 32.5. The molecular weight excluding hydrogens is 587 g/mol. The van der Waals surface area contributed by atoms with Crippen molar-refractivity contribution < 1.29 is 37.9 Å². The van der Waals surface area contributed by atoms with E-state index in [9.17, 15) is 19.2 Å². The van der Waals surface area contributed by atoms with Crippen LogP contribution in [0.5, 0.6) is 0 Å². The number of carbonyl (C=O) groups excluding carboxylic acids is 4. The van der Waals surface area contributed by atoms with E-state index in [0.717, 1.165) is 19.1 Å². The Morgan fingerprint density at radius 1 is 1.16 bits per heavy atom. The van der Waals surface area contributed by atoms with Crippen LogP contribution >= 0.6 is 0 Å². The van der Waals surface area contributed by atoms with Crippen LogP contribution in [0.1, 0.15) is 60.6 Å². The Kier molecular flexibility index (Phi) is 10.8. The molecule has 0 aliphatic carbocycles. The van der Waals surface area contributed by atoms with Gasteiger partial charge in [0.25, 0.3) is 5.91 Å². The number of rotatable bonds is 14. The minimum atomic E-state index is -1.48. The van der Waals surface area contributed by atoms with Crippen molar-refractivity contribution in [2.75, 3.05) is 13.7 Å². The fourth-order valence-corrected chi connectivity index (χ4v) is 4.76. The number of amides is 2. The van der Waals surface area contributed by atoms with E-state index >= 15 is 4.39 Å². The number of methoxy groups -OCH3 is 1. The minimum absolute atomic E-state index is 0.0749. The van der Waals surface area contributed by atoms with E-state index in [0.29, 0.717) is 23.2 Å². The average Bonchev–Trinajstić information content (AvgIpc) is 3.63. The van der Waals surface area contributed by atoms with Gasteiger partial charge >= 0.3 is 11.9 Å². The lowest BCUT2D eigenvalue weighted by Gasteiger charge is -2.27. The molecule has 45 heavy (non-hydrogen) atoms. The van der Waals surface area contributed by atoms with Gasteiger partial charge in [-0.1, -0.05) is 54.9 Å². The first-order chi connectivity index (χ1) is 21.6. The van der Waals surface area contributed by atoms with Gasteiger partial charge in [0.05, 0.1) is 32.3 Å². The summed E-state index contributed by atoms with van der Waals surface area (Å²) in [6.07, 6.45) is -1.25. The molecule has 238 valence electrons. The number of hydrogen-bond acceptors (Lipinski definition) is 9. The van der Waals surface area contributed by atoms with Gasteiger partial charge in [0.1, 0.15) is 29.7 Å². The highest BCUT2D eigenvalue weighted by atomic mass is 19.1. The smallest absolute Gasteiger partial charge is 0.313 e. The topological polar surface area (TPSA) is 198 Å². The van der Waals surface area contributed by atoms with Crippen molar-refractivity contribution in [3.05, 3.63) is 71.2 Å². The summed E-state index contributed by atoms with van der Waals surface area (Å²) in [5.74, 6) is -5.53. The molecule has 0 saturated carbocycles. The summed E-state index contributed by atoms with van der Waals surface area (Å²) >= 11 is 0. The van der Waals surface area contributed by atoms with E-state index in [2.05, 4.69) is 20.8 Å². The number of unbranched alkanes of at least 4 members (excludes halogenated alkanes) is 1. The molecule has 0 fully saturated rings. The van der Waals surface area contributed by atoms with Gasteiger partial charge in [-0.15, -0.1) is 0 Å². The number of fused-ring (bicyclic) bond motifs is 1. The van der Waals surface area contributed by atoms with Crippen molar-refractivity contribution in [3.8, 4) is 0 Å². The first-order valence-corrected chi connectivity index (χ1v) is 14.4. The maximum atomic E-state index is 15.1. The maximum absolute atomic E-state index is 15.1. The number of esters is 2. The summed E-state index contributed by atoms with van der Waals surface area (Å²) in [4.78, 5) is 60.1. The van der Waals surface area contributed by atoms with E-state index in [1.54, 1.807) is 42.5 Å². The number of nitrogen functional groups attached to an aromatic ring is 1. The SMILES string of the molecule is CCCCOC(=O)CC(C(=O)OC)[C@H](NC(=O)CC1CC(c2ccc(C(=N)N)cc2)=NO1)NC(=O)c1[nH]c2ccccc2c1F. The first-order valence-electron chi connectivity index (χ1n) is 14.4. The molecule has 0 bridgehead atoms. The normalized spacial score (nSPS) is 15.4. The molecule has 3 aromatic rings. The van der Waals surface area contributed by atoms with E-state index in [1.165, 1.54) is 6.07 Å². The van der Waals surface area contributed by atoms with Crippen LogP contribution in [0, 0.1) is 17.1 Å². The standard InChI is InChI=1S/C31H35FN6O7/c1-3-4-13-44-25(40)16-21(31(42)43-2)29(37-30(41)27-26(32)20-7-5-6-8-22(20)35-27)36-24(39)15-19-14-23(38-45-19)17-9-11-18(12-10-17)28(33)34/h5-12,19,21,29,35H,3-4,13-16H2,1-2H3,(H3,33,34)(H,36,39)(H,37,41)/t19?,21?,29-/m1/s1. The Balaban J connectivity index is 1.50. The van der Waals surface area contributed by atoms with Crippen molar-refractivity contribution >= 4 is 46.2 Å². The van der Waals surface area contributed by atoms with E-state index in [-0.39, 0.29) is 30.7 Å². The quantitative estimate of drug-likeness (QED) is 0.0594. The highest BCUT2D eigenvalue weighted by molar-refractivity contribution is 6.03.